The first-order chi connectivity index (χ1) is 17.0. The number of fused-ring (bicyclic) bond motifs is 3. The Labute approximate surface area is 204 Å². The molecular weight excluding hydrogens is 444 g/mol. The highest BCUT2D eigenvalue weighted by atomic mass is 16.5. The Hall–Kier alpha value is -3.14. The zero-order valence-corrected chi connectivity index (χ0v) is 20.8. The summed E-state index contributed by atoms with van der Waals surface area (Å²) in [6, 6.07) is 10.1. The molecular formula is C26H32N6O3. The van der Waals surface area contributed by atoms with Gasteiger partial charge < -0.3 is 9.47 Å². The predicted molar refractivity (Wildman–Crippen MR) is 135 cm³/mol. The number of methoxy groups -OCH3 is 1. The second kappa shape index (κ2) is 9.85. The highest BCUT2D eigenvalue weighted by Gasteiger charge is 2.21. The van der Waals surface area contributed by atoms with Crippen LogP contribution in [0.4, 0.5) is 0 Å². The number of hydrogen-bond donors (Lipinski definition) is 0. The lowest BCUT2D eigenvalue weighted by Gasteiger charge is -2.15. The maximum Gasteiger partial charge on any atom is 0.330 e. The summed E-state index contributed by atoms with van der Waals surface area (Å²) in [6.07, 6.45) is 3.31. The first-order valence-electron chi connectivity index (χ1n) is 12.1. The van der Waals surface area contributed by atoms with Crippen LogP contribution in [0.2, 0.25) is 0 Å². The van der Waals surface area contributed by atoms with Crippen molar-refractivity contribution >= 4 is 22.1 Å². The molecule has 0 saturated carbocycles. The summed E-state index contributed by atoms with van der Waals surface area (Å²) < 4.78 is 14.6. The minimum atomic E-state index is -0.0866. The number of rotatable bonds is 8. The van der Waals surface area contributed by atoms with Gasteiger partial charge in [0.1, 0.15) is 5.52 Å². The summed E-state index contributed by atoms with van der Waals surface area (Å²) in [5, 5.41) is 9.57. The smallest absolute Gasteiger partial charge is 0.330 e. The van der Waals surface area contributed by atoms with Gasteiger partial charge in [0.15, 0.2) is 5.65 Å². The van der Waals surface area contributed by atoms with Gasteiger partial charge in [-0.1, -0.05) is 12.1 Å². The molecule has 4 heterocycles. The van der Waals surface area contributed by atoms with Gasteiger partial charge in [0.2, 0.25) is 0 Å². The van der Waals surface area contributed by atoms with Crippen LogP contribution < -0.4 is 5.69 Å². The van der Waals surface area contributed by atoms with Crippen LogP contribution in [0.25, 0.3) is 33.2 Å². The third kappa shape index (κ3) is 4.59. The lowest BCUT2D eigenvalue weighted by atomic mass is 10.0. The monoisotopic (exact) mass is 476 g/mol. The quantitative estimate of drug-likeness (QED) is 0.361. The highest BCUT2D eigenvalue weighted by molar-refractivity contribution is 6.02. The topological polar surface area (TPSA) is 87.3 Å². The molecule has 3 aromatic heterocycles. The van der Waals surface area contributed by atoms with E-state index in [0.29, 0.717) is 25.0 Å². The molecule has 35 heavy (non-hydrogen) atoms. The summed E-state index contributed by atoms with van der Waals surface area (Å²) in [4.78, 5) is 19.8. The van der Waals surface area contributed by atoms with Crippen LogP contribution >= 0.6 is 0 Å². The molecule has 1 aromatic carbocycles. The molecule has 1 saturated heterocycles. The fourth-order valence-electron chi connectivity index (χ4n) is 4.80. The van der Waals surface area contributed by atoms with Crippen molar-refractivity contribution in [1.82, 2.24) is 29.2 Å². The van der Waals surface area contributed by atoms with Gasteiger partial charge in [-0.05, 0) is 44.0 Å². The van der Waals surface area contributed by atoms with E-state index in [9.17, 15) is 4.79 Å². The summed E-state index contributed by atoms with van der Waals surface area (Å²) >= 11 is 0. The molecule has 0 spiro atoms. The van der Waals surface area contributed by atoms with Crippen molar-refractivity contribution in [3.8, 4) is 11.1 Å². The molecule has 0 amide bonds. The Kier molecular flexibility index (Phi) is 6.64. The average Bonchev–Trinajstić information content (AvgIpc) is 3.44. The van der Waals surface area contributed by atoms with E-state index >= 15 is 0 Å². The van der Waals surface area contributed by atoms with Crippen LogP contribution in [0, 0.1) is 0 Å². The molecule has 1 fully saturated rings. The third-order valence-electron chi connectivity index (χ3n) is 6.81. The van der Waals surface area contributed by atoms with Crippen LogP contribution in [0.3, 0.4) is 0 Å². The van der Waals surface area contributed by atoms with Gasteiger partial charge in [-0.15, -0.1) is 10.2 Å². The van der Waals surface area contributed by atoms with Crippen molar-refractivity contribution in [3.05, 3.63) is 52.7 Å². The van der Waals surface area contributed by atoms with E-state index in [-0.39, 0.29) is 11.7 Å². The number of aromatic nitrogens is 5. The zero-order valence-electron chi connectivity index (χ0n) is 20.8. The molecule has 0 bridgehead atoms. The predicted octanol–water partition coefficient (Wildman–Crippen LogP) is 3.16. The minimum Gasteiger partial charge on any atom is -0.380 e. The zero-order chi connectivity index (χ0) is 24.5. The number of pyridine rings is 1. The molecule has 9 nitrogen and oxygen atoms in total. The fourth-order valence-corrected chi connectivity index (χ4v) is 4.80. The number of ether oxygens (including phenoxy) is 2. The lowest BCUT2D eigenvalue weighted by molar-refractivity contribution is 0.0819. The molecule has 0 radical (unpaired) electrons. The minimum absolute atomic E-state index is 0.00933. The van der Waals surface area contributed by atoms with Crippen LogP contribution in [0.1, 0.15) is 32.0 Å². The summed E-state index contributed by atoms with van der Waals surface area (Å²) in [5.41, 5.74) is 4.98. The van der Waals surface area contributed by atoms with E-state index in [1.807, 2.05) is 38.2 Å². The van der Waals surface area contributed by atoms with Crippen molar-refractivity contribution < 1.29 is 9.47 Å². The lowest BCUT2D eigenvalue weighted by Crippen LogP contribution is -2.26. The molecule has 1 aliphatic rings. The van der Waals surface area contributed by atoms with E-state index in [0.717, 1.165) is 59.3 Å². The molecule has 0 N–H and O–H groups in total. The van der Waals surface area contributed by atoms with E-state index in [4.69, 9.17) is 9.47 Å². The Bertz CT molecular complexity index is 1390. The van der Waals surface area contributed by atoms with E-state index in [2.05, 4.69) is 32.2 Å². The molecule has 4 aromatic rings. The van der Waals surface area contributed by atoms with Crippen molar-refractivity contribution in [1.29, 1.82) is 0 Å². The molecule has 1 atom stereocenters. The Morgan fingerprint density at radius 2 is 1.97 bits per heavy atom. The molecule has 1 aliphatic heterocycles. The van der Waals surface area contributed by atoms with Gasteiger partial charge in [0.05, 0.1) is 30.5 Å². The largest absolute Gasteiger partial charge is 0.380 e. The number of hydrogen-bond acceptors (Lipinski definition) is 7. The maximum absolute atomic E-state index is 12.8. The summed E-state index contributed by atoms with van der Waals surface area (Å²) in [5.74, 6) is 0. The number of nitrogens with zero attached hydrogens (tertiary/aromatic N) is 6. The third-order valence-corrected chi connectivity index (χ3v) is 6.81. The Balaban J connectivity index is 1.32. The van der Waals surface area contributed by atoms with E-state index < -0.39 is 0 Å². The first kappa shape index (κ1) is 23.6. The van der Waals surface area contributed by atoms with Gasteiger partial charge in [-0.3, -0.25) is 19.0 Å². The summed E-state index contributed by atoms with van der Waals surface area (Å²) in [7, 11) is 3.51. The SMILES string of the molecule is CO[C@H]1CCN(CCOCc2ccc(-c3ccc4nnc5c(c4c3)n(C(C)C)c(=O)n5C)cn2)C1. The molecule has 0 unspecified atom stereocenters. The van der Waals surface area contributed by atoms with E-state index in [1.54, 1.807) is 23.3 Å². The Morgan fingerprint density at radius 1 is 1.14 bits per heavy atom. The van der Waals surface area contributed by atoms with E-state index in [1.165, 1.54) is 0 Å². The fraction of sp³-hybridized carbons (Fsp3) is 0.462. The molecule has 9 heteroatoms. The van der Waals surface area contributed by atoms with Crippen molar-refractivity contribution in [3.63, 3.8) is 0 Å². The van der Waals surface area contributed by atoms with Gasteiger partial charge in [0, 0.05) is 57.0 Å². The van der Waals surface area contributed by atoms with Gasteiger partial charge in [0.25, 0.3) is 0 Å². The standard InChI is InChI=1S/C26H32N6O3/c1-17(2)32-24-22-13-18(6-8-23(22)28-29-25(24)30(3)26(32)33)19-5-7-20(27-14-19)16-35-12-11-31-10-9-21(15-31)34-4/h5-8,13-14,17,21H,9-12,15-16H2,1-4H3/t21-/m0/s1. The van der Waals surface area contributed by atoms with Crippen LogP contribution in [-0.4, -0.2) is 68.7 Å². The second-order valence-electron chi connectivity index (χ2n) is 9.45. The van der Waals surface area contributed by atoms with Gasteiger partial charge in [-0.2, -0.15) is 0 Å². The molecule has 5 rings (SSSR count). The number of aryl methyl sites for hydroxylation is 1. The van der Waals surface area contributed by atoms with Crippen LogP contribution in [0.15, 0.2) is 41.3 Å². The molecule has 184 valence electrons. The van der Waals surface area contributed by atoms with Crippen LogP contribution in [0.5, 0.6) is 0 Å². The average molecular weight is 477 g/mol. The summed E-state index contributed by atoms with van der Waals surface area (Å²) in [6.45, 7) is 8.12. The van der Waals surface area contributed by atoms with Crippen molar-refractivity contribution in [2.24, 2.45) is 7.05 Å². The van der Waals surface area contributed by atoms with Gasteiger partial charge >= 0.3 is 5.69 Å². The van der Waals surface area contributed by atoms with Crippen molar-refractivity contribution in [2.45, 2.75) is 39.0 Å². The maximum atomic E-state index is 12.8. The number of benzene rings is 1. The first-order valence-corrected chi connectivity index (χ1v) is 12.1. The van der Waals surface area contributed by atoms with Crippen LogP contribution in [-0.2, 0) is 23.1 Å². The highest BCUT2D eigenvalue weighted by Crippen LogP contribution is 2.28. The Morgan fingerprint density at radius 3 is 2.69 bits per heavy atom. The normalized spacial score (nSPS) is 16.8. The van der Waals surface area contributed by atoms with Crippen molar-refractivity contribution in [2.75, 3.05) is 33.4 Å². The molecule has 0 aliphatic carbocycles. The number of imidazole rings is 1. The second-order valence-corrected chi connectivity index (χ2v) is 9.45. The van der Waals surface area contributed by atoms with Gasteiger partial charge in [-0.25, -0.2) is 4.79 Å². The number of likely N-dealkylation sites (tertiary alicyclic amines) is 1.